The molecule has 0 aliphatic rings. The molecular formula is C14H16N2O2. The van der Waals surface area contributed by atoms with Gasteiger partial charge in [-0.1, -0.05) is 36.4 Å². The van der Waals surface area contributed by atoms with Crippen LogP contribution in [0.15, 0.2) is 30.3 Å². The Morgan fingerprint density at radius 1 is 1.44 bits per heavy atom. The highest BCUT2D eigenvalue weighted by molar-refractivity contribution is 6.34. The Morgan fingerprint density at radius 3 is 2.78 bits per heavy atom. The van der Waals surface area contributed by atoms with Gasteiger partial charge in [0.25, 0.3) is 0 Å². The maximum absolute atomic E-state index is 11.5. The van der Waals surface area contributed by atoms with Crippen molar-refractivity contribution in [2.24, 2.45) is 0 Å². The van der Waals surface area contributed by atoms with Gasteiger partial charge in [0.15, 0.2) is 0 Å². The highest BCUT2D eigenvalue weighted by Crippen LogP contribution is 2.12. The Labute approximate surface area is 107 Å². The number of rotatable bonds is 5. The molecule has 0 atom stereocenters. The number of hydrogen-bond acceptors (Lipinski definition) is 2. The van der Waals surface area contributed by atoms with Crippen LogP contribution in [0.1, 0.15) is 25.0 Å². The Morgan fingerprint density at radius 2 is 2.17 bits per heavy atom. The number of esters is 1. The average Bonchev–Trinajstić information content (AvgIpc) is 2.38. The lowest BCUT2D eigenvalue weighted by atomic mass is 10.0. The minimum Gasteiger partial charge on any atom is -0.457 e. The van der Waals surface area contributed by atoms with Crippen molar-refractivity contribution in [3.05, 3.63) is 47.0 Å². The molecule has 1 rings (SSSR count). The second-order valence-corrected chi connectivity index (χ2v) is 3.64. The van der Waals surface area contributed by atoms with Crippen LogP contribution in [-0.2, 0) is 16.0 Å². The van der Waals surface area contributed by atoms with Crippen LogP contribution in [0.5, 0.6) is 0 Å². The number of allylic oxidation sites excluding steroid dienone is 1. The van der Waals surface area contributed by atoms with Gasteiger partial charge in [-0.25, -0.2) is 4.79 Å². The van der Waals surface area contributed by atoms with E-state index in [1.807, 2.05) is 43.3 Å². The number of hydrogen-bond donors (Lipinski definition) is 0. The molecule has 0 aliphatic heterocycles. The van der Waals surface area contributed by atoms with Crippen molar-refractivity contribution in [2.75, 3.05) is 6.61 Å². The van der Waals surface area contributed by atoms with E-state index in [9.17, 15) is 4.79 Å². The number of carbonyl (C=O) groups excluding carboxylic acids is 1. The molecule has 18 heavy (non-hydrogen) atoms. The van der Waals surface area contributed by atoms with Crippen LogP contribution in [0.25, 0.3) is 11.6 Å². The van der Waals surface area contributed by atoms with Crippen molar-refractivity contribution in [2.45, 2.75) is 20.3 Å². The lowest BCUT2D eigenvalue weighted by Gasteiger charge is -2.03. The van der Waals surface area contributed by atoms with Crippen molar-refractivity contribution >= 4 is 17.8 Å². The molecule has 0 aromatic heterocycles. The van der Waals surface area contributed by atoms with Crippen molar-refractivity contribution in [1.29, 1.82) is 0 Å². The van der Waals surface area contributed by atoms with Gasteiger partial charge in [-0.15, -0.1) is 0 Å². The largest absolute Gasteiger partial charge is 0.457 e. The topological polar surface area (TPSA) is 62.7 Å². The summed E-state index contributed by atoms with van der Waals surface area (Å²) in [7, 11) is 0. The summed E-state index contributed by atoms with van der Waals surface area (Å²) >= 11 is 0. The van der Waals surface area contributed by atoms with Gasteiger partial charge in [0.2, 0.25) is 0 Å². The van der Waals surface area contributed by atoms with Gasteiger partial charge in [0, 0.05) is 0 Å². The predicted octanol–water partition coefficient (Wildman–Crippen LogP) is 2.50. The first-order valence-electron chi connectivity index (χ1n) is 5.81. The molecule has 0 aliphatic carbocycles. The minimum absolute atomic E-state index is 0.00815. The highest BCUT2D eigenvalue weighted by atomic mass is 16.5. The molecule has 94 valence electrons. The van der Waals surface area contributed by atoms with E-state index in [2.05, 4.69) is 4.79 Å². The van der Waals surface area contributed by atoms with E-state index in [0.29, 0.717) is 0 Å². The van der Waals surface area contributed by atoms with Crippen LogP contribution < -0.4 is 0 Å². The van der Waals surface area contributed by atoms with E-state index in [4.69, 9.17) is 10.3 Å². The first-order chi connectivity index (χ1) is 8.72. The summed E-state index contributed by atoms with van der Waals surface area (Å²) in [5, 5.41) is 0. The van der Waals surface area contributed by atoms with Gasteiger partial charge in [0.1, 0.15) is 0 Å². The number of benzene rings is 1. The third kappa shape index (κ3) is 3.68. The van der Waals surface area contributed by atoms with Crippen LogP contribution in [0, 0.1) is 0 Å². The molecule has 0 heterocycles. The Hall–Kier alpha value is -2.19. The van der Waals surface area contributed by atoms with Gasteiger partial charge >= 0.3 is 11.7 Å². The monoisotopic (exact) mass is 244 g/mol. The smallest absolute Gasteiger partial charge is 0.417 e. The lowest BCUT2D eigenvalue weighted by molar-refractivity contribution is -0.140. The summed E-state index contributed by atoms with van der Waals surface area (Å²) in [5.41, 5.74) is 10.8. The average molecular weight is 244 g/mol. The minimum atomic E-state index is -0.588. The first-order valence-corrected chi connectivity index (χ1v) is 5.81. The van der Waals surface area contributed by atoms with Gasteiger partial charge in [-0.2, -0.15) is 4.79 Å². The van der Waals surface area contributed by atoms with Crippen molar-refractivity contribution in [3.8, 4) is 0 Å². The third-order valence-electron chi connectivity index (χ3n) is 2.39. The molecule has 0 saturated heterocycles. The summed E-state index contributed by atoms with van der Waals surface area (Å²) in [6, 6.07) is 7.62. The molecule has 4 heteroatoms. The summed E-state index contributed by atoms with van der Waals surface area (Å²) in [6.07, 6.45) is 4.10. The molecule has 0 saturated carbocycles. The maximum atomic E-state index is 11.5. The number of ether oxygens (including phenoxy) is 1. The van der Waals surface area contributed by atoms with Crippen molar-refractivity contribution < 1.29 is 14.3 Å². The van der Waals surface area contributed by atoms with E-state index in [1.165, 1.54) is 0 Å². The molecule has 0 N–H and O–H groups in total. The second-order valence-electron chi connectivity index (χ2n) is 3.64. The standard InChI is InChI=1S/C14H16N2O2/c1-3-7-11-8-5-6-9-12(11)10-13(16-15)14(17)18-4-2/h3,5-9H,4,10H2,1-2H3/b7-3+. The van der Waals surface area contributed by atoms with Crippen LogP contribution in [0.4, 0.5) is 0 Å². The summed E-state index contributed by atoms with van der Waals surface area (Å²) < 4.78 is 4.82. The molecule has 0 unspecified atom stereocenters. The zero-order valence-electron chi connectivity index (χ0n) is 10.6. The van der Waals surface area contributed by atoms with Crippen LogP contribution in [0.3, 0.4) is 0 Å². The normalized spacial score (nSPS) is 10.1. The summed E-state index contributed by atoms with van der Waals surface area (Å²) in [4.78, 5) is 14.5. The lowest BCUT2D eigenvalue weighted by Crippen LogP contribution is -2.21. The van der Waals surface area contributed by atoms with Crippen LogP contribution >= 0.6 is 0 Å². The Balaban J connectivity index is 2.96. The molecule has 4 nitrogen and oxygen atoms in total. The number of carbonyl (C=O) groups is 1. The van der Waals surface area contributed by atoms with Gasteiger partial charge in [-0.05, 0) is 25.0 Å². The molecular weight excluding hydrogens is 228 g/mol. The zero-order chi connectivity index (χ0) is 13.4. The molecule has 0 radical (unpaired) electrons. The van der Waals surface area contributed by atoms with Crippen LogP contribution in [-0.4, -0.2) is 23.1 Å². The van der Waals surface area contributed by atoms with E-state index in [1.54, 1.807) is 6.92 Å². The fourth-order valence-corrected chi connectivity index (χ4v) is 1.58. The Bertz CT molecular complexity index is 500. The van der Waals surface area contributed by atoms with Crippen molar-refractivity contribution in [3.63, 3.8) is 0 Å². The third-order valence-corrected chi connectivity index (χ3v) is 2.39. The first kappa shape index (κ1) is 13.9. The van der Waals surface area contributed by atoms with Crippen LogP contribution in [0.2, 0.25) is 0 Å². The Kier molecular flexibility index (Phi) is 5.55. The number of nitrogens with zero attached hydrogens (tertiary/aromatic N) is 2. The second kappa shape index (κ2) is 7.20. The van der Waals surface area contributed by atoms with E-state index in [-0.39, 0.29) is 18.7 Å². The zero-order valence-corrected chi connectivity index (χ0v) is 10.6. The van der Waals surface area contributed by atoms with Gasteiger partial charge < -0.3 is 10.3 Å². The maximum Gasteiger partial charge on any atom is 0.417 e. The fourth-order valence-electron chi connectivity index (χ4n) is 1.58. The quantitative estimate of drug-likeness (QED) is 0.346. The summed E-state index contributed by atoms with van der Waals surface area (Å²) in [6.45, 7) is 3.89. The molecule has 0 amide bonds. The fraction of sp³-hybridized carbons (Fsp3) is 0.286. The SMILES string of the molecule is C/C=C/c1ccccc1CC(=[N+]=[N-])C(=O)OCC. The van der Waals surface area contributed by atoms with Gasteiger partial charge in [0.05, 0.1) is 13.0 Å². The van der Waals surface area contributed by atoms with Gasteiger partial charge in [-0.3, -0.25) is 0 Å². The molecule has 1 aromatic rings. The molecule has 0 fully saturated rings. The van der Waals surface area contributed by atoms with Crippen molar-refractivity contribution in [1.82, 2.24) is 0 Å². The molecule has 0 bridgehead atoms. The van der Waals surface area contributed by atoms with E-state index < -0.39 is 5.97 Å². The van der Waals surface area contributed by atoms with E-state index >= 15 is 0 Å². The summed E-state index contributed by atoms with van der Waals surface area (Å²) in [5.74, 6) is -0.588. The van der Waals surface area contributed by atoms with E-state index in [0.717, 1.165) is 11.1 Å². The molecule has 0 spiro atoms. The molecule has 1 aromatic carbocycles. The predicted molar refractivity (Wildman–Crippen MR) is 70.1 cm³/mol. The highest BCUT2D eigenvalue weighted by Gasteiger charge is 2.22.